The molecule has 1 aromatic heterocycles. The Hall–Kier alpha value is -2.35. The van der Waals surface area contributed by atoms with Crippen molar-refractivity contribution in [3.63, 3.8) is 0 Å². The molecule has 0 radical (unpaired) electrons. The van der Waals surface area contributed by atoms with Gasteiger partial charge in [-0.15, -0.1) is 0 Å². The van der Waals surface area contributed by atoms with Gasteiger partial charge >= 0.3 is 5.69 Å². The number of fused-ring (bicyclic) bond motifs is 1. The number of nitrogens with zero attached hydrogens (tertiary/aromatic N) is 2. The molecule has 0 amide bonds. The lowest BCUT2D eigenvalue weighted by molar-refractivity contribution is 0.412. The van der Waals surface area contributed by atoms with E-state index in [2.05, 4.69) is 4.98 Å². The first-order valence-electron chi connectivity index (χ1n) is 9.40. The van der Waals surface area contributed by atoms with Gasteiger partial charge in [0.05, 0.1) is 12.5 Å². The van der Waals surface area contributed by atoms with Crippen LogP contribution in [-0.2, 0) is 0 Å². The highest BCUT2D eigenvalue weighted by Gasteiger charge is 2.35. The largest absolute Gasteiger partial charge is 0.492 e. The van der Waals surface area contributed by atoms with Crippen molar-refractivity contribution >= 4 is 16.6 Å². The maximum atomic E-state index is 15.4. The molecule has 1 saturated heterocycles. The molecule has 4 rings (SSSR count). The van der Waals surface area contributed by atoms with Crippen molar-refractivity contribution in [2.24, 2.45) is 11.7 Å². The van der Waals surface area contributed by atoms with Gasteiger partial charge in [0, 0.05) is 30.7 Å². The lowest BCUT2D eigenvalue weighted by Gasteiger charge is -2.26. The van der Waals surface area contributed by atoms with Crippen molar-refractivity contribution in [2.75, 3.05) is 25.1 Å². The Labute approximate surface area is 155 Å². The summed E-state index contributed by atoms with van der Waals surface area (Å²) in [5.41, 5.74) is 5.94. The highest BCUT2D eigenvalue weighted by Crippen LogP contribution is 2.44. The number of aromatic amines is 1. The summed E-state index contributed by atoms with van der Waals surface area (Å²) in [5.74, 6) is 0.0413. The van der Waals surface area contributed by atoms with Crippen molar-refractivity contribution in [1.82, 2.24) is 9.55 Å². The molecule has 2 aromatic rings. The smallest absolute Gasteiger partial charge is 0.329 e. The molecule has 1 aromatic carbocycles. The van der Waals surface area contributed by atoms with E-state index in [0.29, 0.717) is 24.3 Å². The molecule has 2 unspecified atom stereocenters. The minimum Gasteiger partial charge on any atom is -0.492 e. The summed E-state index contributed by atoms with van der Waals surface area (Å²) in [5, 5.41) is 0.183. The van der Waals surface area contributed by atoms with E-state index in [1.165, 1.54) is 7.11 Å². The van der Waals surface area contributed by atoms with Gasteiger partial charge in [-0.1, -0.05) is 0 Å². The zero-order valence-electron chi connectivity index (χ0n) is 15.8. The molecule has 8 heteroatoms. The van der Waals surface area contributed by atoms with Crippen LogP contribution in [0.4, 0.5) is 10.1 Å². The summed E-state index contributed by atoms with van der Waals surface area (Å²) in [7, 11) is 1.45. The van der Waals surface area contributed by atoms with E-state index in [-0.39, 0.29) is 34.7 Å². The Bertz CT molecular complexity index is 1020. The fraction of sp³-hybridized carbons (Fsp3) is 0.579. The molecule has 0 spiro atoms. The summed E-state index contributed by atoms with van der Waals surface area (Å²) >= 11 is 0. The first-order chi connectivity index (χ1) is 12.8. The second-order valence-electron chi connectivity index (χ2n) is 7.76. The number of halogens is 1. The van der Waals surface area contributed by atoms with Gasteiger partial charge in [-0.25, -0.2) is 9.18 Å². The monoisotopic (exact) mass is 376 g/mol. The second kappa shape index (κ2) is 6.37. The molecule has 2 fully saturated rings. The first kappa shape index (κ1) is 18.0. The number of nitrogens with one attached hydrogen (secondary N) is 1. The predicted molar refractivity (Wildman–Crippen MR) is 102 cm³/mol. The number of rotatable bonds is 4. The minimum absolute atomic E-state index is 0.0121. The molecule has 1 aliphatic carbocycles. The van der Waals surface area contributed by atoms with Gasteiger partial charge in [0.2, 0.25) is 0 Å². The van der Waals surface area contributed by atoms with Crippen LogP contribution in [0.25, 0.3) is 10.9 Å². The van der Waals surface area contributed by atoms with Crippen LogP contribution >= 0.6 is 0 Å². The van der Waals surface area contributed by atoms with Gasteiger partial charge in [-0.05, 0) is 39.0 Å². The third-order valence-corrected chi connectivity index (χ3v) is 5.89. The number of hydrogen-bond donors (Lipinski definition) is 2. The Morgan fingerprint density at radius 2 is 2.00 bits per heavy atom. The van der Waals surface area contributed by atoms with E-state index >= 15 is 4.39 Å². The molecule has 1 saturated carbocycles. The van der Waals surface area contributed by atoms with Crippen LogP contribution in [0, 0.1) is 18.7 Å². The number of anilines is 1. The molecule has 1 aliphatic heterocycles. The fourth-order valence-corrected chi connectivity index (χ4v) is 4.20. The van der Waals surface area contributed by atoms with E-state index in [0.717, 1.165) is 19.3 Å². The highest BCUT2D eigenvalue weighted by molar-refractivity contribution is 5.93. The summed E-state index contributed by atoms with van der Waals surface area (Å²) in [4.78, 5) is 29.3. The van der Waals surface area contributed by atoms with Crippen molar-refractivity contribution in [1.29, 1.82) is 0 Å². The summed E-state index contributed by atoms with van der Waals surface area (Å²) in [6, 6.07) is 0.0250. The summed E-state index contributed by atoms with van der Waals surface area (Å²) < 4.78 is 22.6. The van der Waals surface area contributed by atoms with Crippen LogP contribution in [0.2, 0.25) is 0 Å². The van der Waals surface area contributed by atoms with Gasteiger partial charge in [0.1, 0.15) is 11.2 Å². The van der Waals surface area contributed by atoms with Crippen LogP contribution in [0.15, 0.2) is 9.59 Å². The lowest BCUT2D eigenvalue weighted by Crippen LogP contribution is -2.32. The molecule has 0 bridgehead atoms. The van der Waals surface area contributed by atoms with E-state index < -0.39 is 17.1 Å². The van der Waals surface area contributed by atoms with Gasteiger partial charge in [-0.2, -0.15) is 0 Å². The zero-order valence-corrected chi connectivity index (χ0v) is 15.8. The van der Waals surface area contributed by atoms with Gasteiger partial charge in [-0.3, -0.25) is 14.3 Å². The van der Waals surface area contributed by atoms with Crippen LogP contribution in [0.1, 0.15) is 37.8 Å². The Balaban J connectivity index is 2.03. The first-order valence-corrected chi connectivity index (χ1v) is 9.40. The van der Waals surface area contributed by atoms with Crippen LogP contribution in [-0.4, -0.2) is 35.8 Å². The molecule has 27 heavy (non-hydrogen) atoms. The molecule has 2 atom stereocenters. The maximum absolute atomic E-state index is 15.4. The van der Waals surface area contributed by atoms with E-state index in [4.69, 9.17) is 10.5 Å². The number of nitrogens with two attached hydrogens (primary N) is 1. The van der Waals surface area contributed by atoms with Crippen LogP contribution in [0.5, 0.6) is 5.75 Å². The number of hydrogen-bond acceptors (Lipinski definition) is 5. The van der Waals surface area contributed by atoms with Crippen molar-refractivity contribution in [2.45, 2.75) is 45.2 Å². The van der Waals surface area contributed by atoms with Crippen molar-refractivity contribution in [3.8, 4) is 5.75 Å². The van der Waals surface area contributed by atoms with Gasteiger partial charge in [0.25, 0.3) is 5.56 Å². The topological polar surface area (TPSA) is 93.3 Å². The Morgan fingerprint density at radius 3 is 2.56 bits per heavy atom. The molecule has 2 aliphatic rings. The minimum atomic E-state index is -0.581. The zero-order chi connectivity index (χ0) is 19.5. The molecule has 146 valence electrons. The highest BCUT2D eigenvalue weighted by atomic mass is 19.1. The van der Waals surface area contributed by atoms with E-state index in [1.54, 1.807) is 11.5 Å². The maximum Gasteiger partial charge on any atom is 0.329 e. The van der Waals surface area contributed by atoms with Crippen LogP contribution in [0.3, 0.4) is 0 Å². The molecule has 3 N–H and O–H groups in total. The predicted octanol–water partition coefficient (Wildman–Crippen LogP) is 1.65. The number of aryl methyl sites for hydroxylation is 1. The normalized spacial score (nSPS) is 21.1. The van der Waals surface area contributed by atoms with Crippen LogP contribution < -0.4 is 26.6 Å². The fourth-order valence-electron chi connectivity index (χ4n) is 4.20. The number of ether oxygens (including phenoxy) is 1. The average molecular weight is 376 g/mol. The molecule has 7 nitrogen and oxygen atoms in total. The molecule has 2 heterocycles. The van der Waals surface area contributed by atoms with E-state index in [1.807, 2.05) is 11.8 Å². The quantitative estimate of drug-likeness (QED) is 0.846. The molecular formula is C19H25FN4O3. The number of benzene rings is 1. The Morgan fingerprint density at radius 1 is 1.30 bits per heavy atom. The summed E-state index contributed by atoms with van der Waals surface area (Å²) in [6.07, 6.45) is 2.57. The molecular weight excluding hydrogens is 351 g/mol. The lowest BCUT2D eigenvalue weighted by atomic mass is 10.0. The van der Waals surface area contributed by atoms with E-state index in [9.17, 15) is 9.59 Å². The van der Waals surface area contributed by atoms with Crippen molar-refractivity contribution < 1.29 is 9.13 Å². The number of methoxy groups -OCH3 is 1. The Kier molecular flexibility index (Phi) is 4.25. The second-order valence-corrected chi connectivity index (χ2v) is 7.76. The standard InChI is InChI=1S/C19H25FN4O3/c1-9-13-15(24(12-4-5-12)19(26)22-18(13)25)17(27-3)16(14(9)20)23-7-6-11(8-23)10(2)21/h10-12H,4-8,21H2,1-3H3,(H,22,25,26). The van der Waals surface area contributed by atoms with Gasteiger partial charge in [0.15, 0.2) is 11.6 Å². The summed E-state index contributed by atoms with van der Waals surface area (Å²) in [6.45, 7) is 4.81. The number of aromatic nitrogens is 2. The third kappa shape index (κ3) is 2.74. The van der Waals surface area contributed by atoms with Crippen molar-refractivity contribution in [3.05, 3.63) is 32.2 Å². The number of H-pyrrole nitrogens is 1. The third-order valence-electron chi connectivity index (χ3n) is 5.89. The average Bonchev–Trinajstić information content (AvgIpc) is 3.32. The van der Waals surface area contributed by atoms with Gasteiger partial charge < -0.3 is 15.4 Å². The SMILES string of the molecule is COc1c(N2CCC(C(C)N)C2)c(F)c(C)c2c(=O)[nH]c(=O)n(C3CC3)c12.